The molecule has 0 spiro atoms. The average molecular weight is 673 g/mol. The predicted molar refractivity (Wildman–Crippen MR) is 225 cm³/mol. The van der Waals surface area contributed by atoms with E-state index in [1.165, 1.54) is 86.9 Å². The number of hydrogen-bond donors (Lipinski definition) is 0. The minimum absolute atomic E-state index is 0.862. The maximum absolute atomic E-state index is 6.80. The zero-order valence-corrected chi connectivity index (χ0v) is 28.9. The first-order chi connectivity index (χ1) is 26.3. The van der Waals surface area contributed by atoms with Crippen LogP contribution in [0.25, 0.3) is 110 Å². The summed E-state index contributed by atoms with van der Waals surface area (Å²) in [4.78, 5) is 0. The molecule has 0 aliphatic rings. The van der Waals surface area contributed by atoms with Crippen LogP contribution in [-0.2, 0) is 0 Å². The van der Waals surface area contributed by atoms with Crippen molar-refractivity contribution in [3.05, 3.63) is 194 Å². The van der Waals surface area contributed by atoms with Crippen molar-refractivity contribution in [2.45, 2.75) is 0 Å². The maximum atomic E-state index is 6.80. The van der Waals surface area contributed by atoms with Crippen molar-refractivity contribution in [3.63, 3.8) is 0 Å². The summed E-state index contributed by atoms with van der Waals surface area (Å²) in [6, 6.07) is 70.3. The highest BCUT2D eigenvalue weighted by Gasteiger charge is 2.18. The molecule has 0 bridgehead atoms. The summed E-state index contributed by atoms with van der Waals surface area (Å²) in [6.07, 6.45) is 0. The third-order valence-electron chi connectivity index (χ3n) is 11.1. The van der Waals surface area contributed by atoms with Crippen molar-refractivity contribution in [2.75, 3.05) is 0 Å². The summed E-state index contributed by atoms with van der Waals surface area (Å²) in [5.41, 5.74) is 7.10. The molecule has 1 heterocycles. The minimum atomic E-state index is 0.862. The molecule has 11 aromatic rings. The molecular formula is C52H32O. The lowest BCUT2D eigenvalue weighted by molar-refractivity contribution is 0.598. The lowest BCUT2D eigenvalue weighted by Crippen LogP contribution is -1.89. The number of hydrogen-bond acceptors (Lipinski definition) is 1. The number of fused-ring (bicyclic) bond motifs is 7. The van der Waals surface area contributed by atoms with E-state index in [1.54, 1.807) is 0 Å². The normalized spacial score (nSPS) is 11.8. The van der Waals surface area contributed by atoms with Gasteiger partial charge in [0.1, 0.15) is 11.5 Å². The Morgan fingerprint density at radius 2 is 0.660 bits per heavy atom. The van der Waals surface area contributed by atoms with E-state index in [0.717, 1.165) is 22.6 Å². The van der Waals surface area contributed by atoms with Crippen LogP contribution < -0.4 is 0 Å². The molecule has 10 aromatic carbocycles. The van der Waals surface area contributed by atoms with E-state index in [1.807, 2.05) is 0 Å². The Kier molecular flexibility index (Phi) is 6.62. The molecule has 246 valence electrons. The molecule has 0 fully saturated rings. The van der Waals surface area contributed by atoms with E-state index >= 15 is 0 Å². The summed E-state index contributed by atoms with van der Waals surface area (Å²) in [5.74, 6) is 1.72. The first kappa shape index (κ1) is 29.7. The fraction of sp³-hybridized carbons (Fsp3) is 0. The van der Waals surface area contributed by atoms with Gasteiger partial charge in [-0.05, 0) is 123 Å². The lowest BCUT2D eigenvalue weighted by Gasteiger charge is -2.16. The van der Waals surface area contributed by atoms with Crippen LogP contribution in [0, 0.1) is 0 Å². The second kappa shape index (κ2) is 11.8. The van der Waals surface area contributed by atoms with Crippen LogP contribution in [0.1, 0.15) is 0 Å². The number of benzene rings is 10. The molecule has 0 N–H and O–H groups in total. The van der Waals surface area contributed by atoms with Crippen LogP contribution >= 0.6 is 0 Å². The molecule has 0 radical (unpaired) electrons. The summed E-state index contributed by atoms with van der Waals surface area (Å²) in [6.45, 7) is 0. The standard InChI is InChI=1S/C52H32O/c1-4-14-38-33(11-1)21-22-36-32-37(23-24-39(36)38)40-25-26-47(44-18-8-7-17-43(40)44)50-29-30-51(53-50)48-27-28-49(46-20-10-9-19-45(46)48)52-41-15-5-2-12-34(41)31-35-13-3-6-16-42(35)52/h1-32H. The highest BCUT2D eigenvalue weighted by atomic mass is 16.3. The van der Waals surface area contributed by atoms with Crippen molar-refractivity contribution >= 4 is 64.6 Å². The molecule has 0 aliphatic heterocycles. The minimum Gasteiger partial charge on any atom is -0.456 e. The molecule has 0 unspecified atom stereocenters. The van der Waals surface area contributed by atoms with Crippen molar-refractivity contribution < 1.29 is 4.42 Å². The van der Waals surface area contributed by atoms with Gasteiger partial charge in [-0.3, -0.25) is 0 Å². The van der Waals surface area contributed by atoms with Crippen LogP contribution in [0.5, 0.6) is 0 Å². The lowest BCUT2D eigenvalue weighted by atomic mass is 9.88. The Morgan fingerprint density at radius 1 is 0.245 bits per heavy atom. The number of furan rings is 1. The fourth-order valence-corrected chi connectivity index (χ4v) is 8.61. The molecule has 1 aromatic heterocycles. The quantitative estimate of drug-likeness (QED) is 0.134. The predicted octanol–water partition coefficient (Wildman–Crippen LogP) is 14.9. The molecule has 0 amide bonds. The van der Waals surface area contributed by atoms with Gasteiger partial charge < -0.3 is 4.42 Å². The van der Waals surface area contributed by atoms with Crippen LogP contribution in [0.15, 0.2) is 199 Å². The van der Waals surface area contributed by atoms with E-state index in [-0.39, 0.29) is 0 Å². The molecule has 11 rings (SSSR count). The van der Waals surface area contributed by atoms with E-state index < -0.39 is 0 Å². The van der Waals surface area contributed by atoms with Crippen molar-refractivity contribution in [1.29, 1.82) is 0 Å². The van der Waals surface area contributed by atoms with E-state index in [9.17, 15) is 0 Å². The molecule has 53 heavy (non-hydrogen) atoms. The van der Waals surface area contributed by atoms with Gasteiger partial charge in [0.15, 0.2) is 0 Å². The summed E-state index contributed by atoms with van der Waals surface area (Å²) < 4.78 is 6.80. The van der Waals surface area contributed by atoms with Gasteiger partial charge >= 0.3 is 0 Å². The molecule has 0 aliphatic carbocycles. The highest BCUT2D eigenvalue weighted by molar-refractivity contribution is 6.18. The molecule has 1 nitrogen and oxygen atoms in total. The van der Waals surface area contributed by atoms with Crippen LogP contribution in [0.3, 0.4) is 0 Å². The van der Waals surface area contributed by atoms with Gasteiger partial charge in [0.05, 0.1) is 0 Å². The van der Waals surface area contributed by atoms with Gasteiger partial charge in [0.25, 0.3) is 0 Å². The Morgan fingerprint density at radius 3 is 1.28 bits per heavy atom. The fourth-order valence-electron chi connectivity index (χ4n) is 8.61. The zero-order chi connectivity index (χ0) is 34.9. The van der Waals surface area contributed by atoms with Gasteiger partial charge in [0.2, 0.25) is 0 Å². The van der Waals surface area contributed by atoms with Crippen molar-refractivity contribution in [2.24, 2.45) is 0 Å². The summed E-state index contributed by atoms with van der Waals surface area (Å²) >= 11 is 0. The first-order valence-electron chi connectivity index (χ1n) is 18.3. The monoisotopic (exact) mass is 672 g/mol. The molecule has 0 saturated carbocycles. The third-order valence-corrected chi connectivity index (χ3v) is 11.1. The second-order valence-electron chi connectivity index (χ2n) is 14.0. The van der Waals surface area contributed by atoms with Crippen molar-refractivity contribution in [3.8, 4) is 44.9 Å². The van der Waals surface area contributed by atoms with E-state index in [0.29, 0.717) is 0 Å². The molecular weight excluding hydrogens is 641 g/mol. The zero-order valence-electron chi connectivity index (χ0n) is 28.9. The summed E-state index contributed by atoms with van der Waals surface area (Å²) in [5, 5.41) is 14.9. The van der Waals surface area contributed by atoms with Crippen LogP contribution in [0.4, 0.5) is 0 Å². The Bertz CT molecular complexity index is 3180. The topological polar surface area (TPSA) is 13.1 Å². The molecule has 1 heteroatoms. The van der Waals surface area contributed by atoms with Crippen molar-refractivity contribution in [1.82, 2.24) is 0 Å². The Hall–Kier alpha value is -6.96. The maximum Gasteiger partial charge on any atom is 0.135 e. The van der Waals surface area contributed by atoms with Gasteiger partial charge in [-0.1, -0.05) is 158 Å². The van der Waals surface area contributed by atoms with Crippen LogP contribution in [-0.4, -0.2) is 0 Å². The van der Waals surface area contributed by atoms with E-state index in [2.05, 4.69) is 194 Å². The second-order valence-corrected chi connectivity index (χ2v) is 14.0. The average Bonchev–Trinajstić information content (AvgIpc) is 3.72. The SMILES string of the molecule is c1ccc2c(-c3ccc(-c4ccc(-c5ccc(-c6ccc7c(ccc8ccccc87)c6)c6ccccc56)o4)c4ccccc34)c3ccccc3cc2c1. The van der Waals surface area contributed by atoms with Gasteiger partial charge in [-0.25, -0.2) is 0 Å². The highest BCUT2D eigenvalue weighted by Crippen LogP contribution is 2.44. The Labute approximate surface area is 307 Å². The van der Waals surface area contributed by atoms with Gasteiger partial charge in [-0.2, -0.15) is 0 Å². The smallest absolute Gasteiger partial charge is 0.135 e. The number of rotatable bonds is 4. The molecule has 0 saturated heterocycles. The van der Waals surface area contributed by atoms with E-state index in [4.69, 9.17) is 4.42 Å². The third kappa shape index (κ3) is 4.71. The molecule has 0 atom stereocenters. The first-order valence-corrected chi connectivity index (χ1v) is 18.3. The van der Waals surface area contributed by atoms with Crippen LogP contribution in [0.2, 0.25) is 0 Å². The summed E-state index contributed by atoms with van der Waals surface area (Å²) in [7, 11) is 0. The van der Waals surface area contributed by atoms with Gasteiger partial charge in [0, 0.05) is 11.1 Å². The Balaban J connectivity index is 1.03. The largest absolute Gasteiger partial charge is 0.456 e. The van der Waals surface area contributed by atoms with Gasteiger partial charge in [-0.15, -0.1) is 0 Å².